The van der Waals surface area contributed by atoms with Crippen LogP contribution in [0.4, 0.5) is 4.39 Å². The van der Waals surface area contributed by atoms with Crippen LogP contribution >= 0.6 is 27.5 Å². The number of aromatic nitrogens is 2. The summed E-state index contributed by atoms with van der Waals surface area (Å²) in [4.78, 5) is 3.92. The molecule has 0 saturated heterocycles. The van der Waals surface area contributed by atoms with E-state index in [1.54, 1.807) is 12.1 Å². The van der Waals surface area contributed by atoms with Gasteiger partial charge in [0.2, 0.25) is 11.7 Å². The summed E-state index contributed by atoms with van der Waals surface area (Å²) < 4.78 is 18.9. The van der Waals surface area contributed by atoms with Gasteiger partial charge >= 0.3 is 0 Å². The average molecular weight is 292 g/mol. The third kappa shape index (κ3) is 2.18. The van der Waals surface area contributed by atoms with Gasteiger partial charge in [0.05, 0.1) is 5.56 Å². The Morgan fingerprint density at radius 2 is 2.27 bits per heavy atom. The molecule has 0 radical (unpaired) electrons. The van der Waals surface area contributed by atoms with Gasteiger partial charge in [-0.05, 0) is 18.2 Å². The van der Waals surface area contributed by atoms with Gasteiger partial charge in [-0.1, -0.05) is 21.1 Å². The van der Waals surface area contributed by atoms with Crippen molar-refractivity contribution in [3.8, 4) is 11.4 Å². The number of benzene rings is 1. The van der Waals surface area contributed by atoms with Crippen molar-refractivity contribution in [2.24, 2.45) is 0 Å². The molecule has 0 spiro atoms. The Labute approximate surface area is 98.4 Å². The Morgan fingerprint density at radius 1 is 1.47 bits per heavy atom. The lowest BCUT2D eigenvalue weighted by atomic mass is 10.2. The maximum atomic E-state index is 13.5. The number of halogens is 3. The second kappa shape index (κ2) is 4.28. The van der Waals surface area contributed by atoms with Gasteiger partial charge in [-0.25, -0.2) is 4.39 Å². The SMILES string of the molecule is Fc1cc(Br)ccc1-c1noc(CCl)n1. The quantitative estimate of drug-likeness (QED) is 0.796. The minimum Gasteiger partial charge on any atom is -0.338 e. The molecular formula is C9H5BrClFN2O. The summed E-state index contributed by atoms with van der Waals surface area (Å²) in [7, 11) is 0. The first-order chi connectivity index (χ1) is 7.20. The number of hydrogen-bond donors (Lipinski definition) is 0. The van der Waals surface area contributed by atoms with Crippen LogP contribution in [0.2, 0.25) is 0 Å². The van der Waals surface area contributed by atoms with Crippen molar-refractivity contribution in [2.75, 3.05) is 0 Å². The van der Waals surface area contributed by atoms with Gasteiger partial charge in [0.1, 0.15) is 11.7 Å². The molecule has 2 aromatic rings. The molecule has 78 valence electrons. The van der Waals surface area contributed by atoms with Gasteiger partial charge in [0, 0.05) is 4.47 Å². The van der Waals surface area contributed by atoms with Gasteiger partial charge in [-0.3, -0.25) is 0 Å². The highest BCUT2D eigenvalue weighted by Gasteiger charge is 2.12. The third-order valence-corrected chi connectivity index (χ3v) is 2.48. The Kier molecular flexibility index (Phi) is 3.02. The summed E-state index contributed by atoms with van der Waals surface area (Å²) in [5.41, 5.74) is 0.290. The highest BCUT2D eigenvalue weighted by molar-refractivity contribution is 9.10. The van der Waals surface area contributed by atoms with E-state index in [1.165, 1.54) is 6.07 Å². The molecule has 0 atom stereocenters. The fraction of sp³-hybridized carbons (Fsp3) is 0.111. The summed E-state index contributed by atoms with van der Waals surface area (Å²) in [6, 6.07) is 4.61. The van der Waals surface area contributed by atoms with Gasteiger partial charge in [-0.15, -0.1) is 11.6 Å². The highest BCUT2D eigenvalue weighted by Crippen LogP contribution is 2.23. The molecule has 1 heterocycles. The summed E-state index contributed by atoms with van der Waals surface area (Å²) >= 11 is 8.66. The van der Waals surface area contributed by atoms with Crippen LogP contribution in [0, 0.1) is 5.82 Å². The smallest absolute Gasteiger partial charge is 0.241 e. The Balaban J connectivity index is 2.44. The fourth-order valence-electron chi connectivity index (χ4n) is 1.09. The third-order valence-electron chi connectivity index (χ3n) is 1.75. The van der Waals surface area contributed by atoms with E-state index in [9.17, 15) is 4.39 Å². The first kappa shape index (κ1) is 10.6. The Bertz CT molecular complexity index is 489. The number of hydrogen-bond acceptors (Lipinski definition) is 3. The van der Waals surface area contributed by atoms with Crippen molar-refractivity contribution in [3.05, 3.63) is 34.4 Å². The van der Waals surface area contributed by atoms with Crippen molar-refractivity contribution >= 4 is 27.5 Å². The van der Waals surface area contributed by atoms with Crippen LogP contribution in [0.1, 0.15) is 5.89 Å². The molecule has 2 rings (SSSR count). The van der Waals surface area contributed by atoms with Crippen LogP contribution in [0.25, 0.3) is 11.4 Å². The van der Waals surface area contributed by atoms with Crippen LogP contribution in [-0.4, -0.2) is 10.1 Å². The van der Waals surface area contributed by atoms with Gasteiger partial charge in [0.25, 0.3) is 0 Å². The summed E-state index contributed by atoms with van der Waals surface area (Å²) in [6.07, 6.45) is 0. The lowest BCUT2D eigenvalue weighted by Gasteiger charge is -1.97. The number of alkyl halides is 1. The standard InChI is InChI=1S/C9H5BrClFN2O/c10-5-1-2-6(7(12)3-5)9-13-8(4-11)15-14-9/h1-3H,4H2. The predicted molar refractivity (Wildman–Crippen MR) is 56.9 cm³/mol. The summed E-state index contributed by atoms with van der Waals surface area (Å²) in [5.74, 6) is 0.182. The molecular weight excluding hydrogens is 286 g/mol. The Morgan fingerprint density at radius 3 is 2.87 bits per heavy atom. The van der Waals surface area contributed by atoms with E-state index in [4.69, 9.17) is 16.1 Å². The lowest BCUT2D eigenvalue weighted by molar-refractivity contribution is 0.390. The lowest BCUT2D eigenvalue weighted by Crippen LogP contribution is -1.86. The first-order valence-electron chi connectivity index (χ1n) is 4.04. The topological polar surface area (TPSA) is 38.9 Å². The zero-order valence-corrected chi connectivity index (χ0v) is 9.72. The maximum Gasteiger partial charge on any atom is 0.241 e. The van der Waals surface area contributed by atoms with Gasteiger partial charge < -0.3 is 4.52 Å². The molecule has 0 aliphatic heterocycles. The minimum atomic E-state index is -0.411. The first-order valence-corrected chi connectivity index (χ1v) is 5.37. The van der Waals surface area contributed by atoms with Crippen molar-refractivity contribution in [1.29, 1.82) is 0 Å². The van der Waals surface area contributed by atoms with E-state index < -0.39 is 5.82 Å². The normalized spacial score (nSPS) is 10.6. The molecule has 0 bridgehead atoms. The molecule has 0 N–H and O–H groups in total. The zero-order chi connectivity index (χ0) is 10.8. The number of nitrogens with zero attached hydrogens (tertiary/aromatic N) is 2. The average Bonchev–Trinajstić information content (AvgIpc) is 2.66. The largest absolute Gasteiger partial charge is 0.338 e. The molecule has 0 amide bonds. The molecule has 0 fully saturated rings. The van der Waals surface area contributed by atoms with Crippen molar-refractivity contribution in [2.45, 2.75) is 5.88 Å². The minimum absolute atomic E-state index is 0.116. The maximum absolute atomic E-state index is 13.5. The van der Waals surface area contributed by atoms with Crippen LogP contribution < -0.4 is 0 Å². The fourth-order valence-corrected chi connectivity index (χ4v) is 1.53. The van der Waals surface area contributed by atoms with E-state index >= 15 is 0 Å². The predicted octanol–water partition coefficient (Wildman–Crippen LogP) is 3.38. The Hall–Kier alpha value is -0.940. The van der Waals surface area contributed by atoms with Crippen LogP contribution in [0.5, 0.6) is 0 Å². The van der Waals surface area contributed by atoms with E-state index in [2.05, 4.69) is 26.1 Å². The summed E-state index contributed by atoms with van der Waals surface area (Å²) in [6.45, 7) is 0. The van der Waals surface area contributed by atoms with E-state index in [-0.39, 0.29) is 17.6 Å². The van der Waals surface area contributed by atoms with Gasteiger partial charge in [-0.2, -0.15) is 4.98 Å². The van der Waals surface area contributed by atoms with Crippen molar-refractivity contribution in [3.63, 3.8) is 0 Å². The monoisotopic (exact) mass is 290 g/mol. The molecule has 1 aromatic heterocycles. The van der Waals surface area contributed by atoms with E-state index in [1.807, 2.05) is 0 Å². The van der Waals surface area contributed by atoms with Crippen molar-refractivity contribution < 1.29 is 8.91 Å². The molecule has 0 aliphatic rings. The van der Waals surface area contributed by atoms with E-state index in [0.29, 0.717) is 10.0 Å². The van der Waals surface area contributed by atoms with Gasteiger partial charge in [0.15, 0.2) is 0 Å². The molecule has 0 saturated carbocycles. The second-order valence-electron chi connectivity index (χ2n) is 2.77. The molecule has 15 heavy (non-hydrogen) atoms. The highest BCUT2D eigenvalue weighted by atomic mass is 79.9. The van der Waals surface area contributed by atoms with Crippen LogP contribution in [0.15, 0.2) is 27.2 Å². The molecule has 3 nitrogen and oxygen atoms in total. The van der Waals surface area contributed by atoms with Crippen LogP contribution in [0.3, 0.4) is 0 Å². The zero-order valence-electron chi connectivity index (χ0n) is 7.38. The summed E-state index contributed by atoms with van der Waals surface area (Å²) in [5, 5.41) is 3.62. The molecule has 0 aliphatic carbocycles. The van der Waals surface area contributed by atoms with Crippen LogP contribution in [-0.2, 0) is 5.88 Å². The van der Waals surface area contributed by atoms with Crippen molar-refractivity contribution in [1.82, 2.24) is 10.1 Å². The molecule has 6 heteroatoms. The molecule has 0 unspecified atom stereocenters. The molecule has 1 aromatic carbocycles. The van der Waals surface area contributed by atoms with E-state index in [0.717, 1.165) is 0 Å². The second-order valence-corrected chi connectivity index (χ2v) is 3.95. The number of rotatable bonds is 2.